The van der Waals surface area contributed by atoms with Crippen molar-refractivity contribution in [1.82, 2.24) is 10.6 Å². The van der Waals surface area contributed by atoms with Gasteiger partial charge >= 0.3 is 0 Å². The normalized spacial score (nSPS) is 21.4. The van der Waals surface area contributed by atoms with Crippen molar-refractivity contribution in [2.24, 2.45) is 4.99 Å². The molecule has 2 N–H and O–H groups in total. The van der Waals surface area contributed by atoms with Crippen LogP contribution in [0.1, 0.15) is 5.76 Å². The maximum atomic E-state index is 11.5. The number of guanidine groups is 1. The number of furan rings is 1. The lowest BCUT2D eigenvalue weighted by molar-refractivity contribution is 0.0747. The third-order valence-electron chi connectivity index (χ3n) is 2.92. The van der Waals surface area contributed by atoms with E-state index < -0.39 is 9.84 Å². The Labute approximate surface area is 141 Å². The summed E-state index contributed by atoms with van der Waals surface area (Å²) in [6.45, 7) is 1.17. The number of nitrogens with one attached hydrogen (secondary N) is 2. The molecule has 0 aliphatic carbocycles. The first kappa shape index (κ1) is 18.2. The highest BCUT2D eigenvalue weighted by molar-refractivity contribution is 14.0. The van der Waals surface area contributed by atoms with Gasteiger partial charge in [-0.3, -0.25) is 4.99 Å². The molecule has 1 aliphatic rings. The molecule has 21 heavy (non-hydrogen) atoms. The van der Waals surface area contributed by atoms with Crippen LogP contribution in [0, 0.1) is 0 Å². The molecule has 1 fully saturated rings. The fraction of sp³-hybridized carbons (Fsp3) is 0.583. The zero-order valence-corrected chi connectivity index (χ0v) is 14.9. The summed E-state index contributed by atoms with van der Waals surface area (Å²) in [5.74, 6) is 1.53. The predicted octanol–water partition coefficient (Wildman–Crippen LogP) is 0.376. The average molecular weight is 429 g/mol. The Morgan fingerprint density at radius 2 is 2.29 bits per heavy atom. The van der Waals surface area contributed by atoms with E-state index in [-0.39, 0.29) is 48.2 Å². The molecule has 0 bridgehead atoms. The Morgan fingerprint density at radius 1 is 1.48 bits per heavy atom. The monoisotopic (exact) mass is 429 g/mol. The first-order chi connectivity index (χ1) is 9.59. The van der Waals surface area contributed by atoms with Crippen LogP contribution in [0.15, 0.2) is 27.8 Å². The summed E-state index contributed by atoms with van der Waals surface area (Å²) in [5.41, 5.74) is 0. The molecule has 0 saturated carbocycles. The fourth-order valence-corrected chi connectivity index (χ4v) is 3.19. The molecule has 1 aromatic rings. The van der Waals surface area contributed by atoms with Crippen LogP contribution in [0.2, 0.25) is 0 Å². The SMILES string of the molecule is CN=C(NCc1ccco1)NCC1CS(=O)(=O)CCO1.I. The van der Waals surface area contributed by atoms with Crippen LogP contribution in [0.4, 0.5) is 0 Å². The number of hydrogen-bond donors (Lipinski definition) is 2. The highest BCUT2D eigenvalue weighted by Gasteiger charge is 2.25. The summed E-state index contributed by atoms with van der Waals surface area (Å²) in [5, 5.41) is 6.12. The van der Waals surface area contributed by atoms with E-state index in [9.17, 15) is 8.42 Å². The molecule has 1 aromatic heterocycles. The average Bonchev–Trinajstić information content (AvgIpc) is 2.91. The summed E-state index contributed by atoms with van der Waals surface area (Å²) in [6.07, 6.45) is 1.27. The standard InChI is InChI=1S/C12H19N3O4S.HI/c1-13-12(14-7-10-3-2-4-18-10)15-8-11-9-20(16,17)6-5-19-11;/h2-4,11H,5-9H2,1H3,(H2,13,14,15);1H. The van der Waals surface area contributed by atoms with E-state index in [1.807, 2.05) is 12.1 Å². The van der Waals surface area contributed by atoms with Gasteiger partial charge in [-0.15, -0.1) is 24.0 Å². The molecular formula is C12H20IN3O4S. The van der Waals surface area contributed by atoms with E-state index in [4.69, 9.17) is 9.15 Å². The molecule has 1 unspecified atom stereocenters. The molecular weight excluding hydrogens is 409 g/mol. The van der Waals surface area contributed by atoms with Crippen molar-refractivity contribution >= 4 is 39.8 Å². The van der Waals surface area contributed by atoms with Gasteiger partial charge in [0.2, 0.25) is 0 Å². The van der Waals surface area contributed by atoms with Crippen molar-refractivity contribution in [3.05, 3.63) is 24.2 Å². The molecule has 2 rings (SSSR count). The molecule has 1 atom stereocenters. The topological polar surface area (TPSA) is 92.9 Å². The molecule has 0 spiro atoms. The highest BCUT2D eigenvalue weighted by atomic mass is 127. The zero-order valence-electron chi connectivity index (χ0n) is 11.7. The second-order valence-corrected chi connectivity index (χ2v) is 6.72. The first-order valence-electron chi connectivity index (χ1n) is 6.38. The van der Waals surface area contributed by atoms with Crippen molar-refractivity contribution in [1.29, 1.82) is 0 Å². The Balaban J connectivity index is 0.00000220. The van der Waals surface area contributed by atoms with Gasteiger partial charge in [-0.2, -0.15) is 0 Å². The Hall–Kier alpha value is -0.810. The summed E-state index contributed by atoms with van der Waals surface area (Å²) in [4.78, 5) is 4.06. The number of aliphatic imine (C=N–C) groups is 1. The molecule has 9 heteroatoms. The van der Waals surface area contributed by atoms with Gasteiger partial charge in [0.25, 0.3) is 0 Å². The van der Waals surface area contributed by atoms with Gasteiger partial charge in [-0.05, 0) is 12.1 Å². The van der Waals surface area contributed by atoms with E-state index in [0.717, 1.165) is 5.76 Å². The molecule has 7 nitrogen and oxygen atoms in total. The smallest absolute Gasteiger partial charge is 0.191 e. The van der Waals surface area contributed by atoms with Gasteiger partial charge in [0.05, 0.1) is 37.0 Å². The Morgan fingerprint density at radius 3 is 2.90 bits per heavy atom. The third kappa shape index (κ3) is 6.22. The van der Waals surface area contributed by atoms with Crippen molar-refractivity contribution in [3.63, 3.8) is 0 Å². The number of nitrogens with zero attached hydrogens (tertiary/aromatic N) is 1. The number of ether oxygens (including phenoxy) is 1. The quantitative estimate of drug-likeness (QED) is 0.409. The van der Waals surface area contributed by atoms with Crippen LogP contribution in [0.3, 0.4) is 0 Å². The second kappa shape index (κ2) is 8.59. The minimum absolute atomic E-state index is 0. The largest absolute Gasteiger partial charge is 0.467 e. The van der Waals surface area contributed by atoms with Crippen molar-refractivity contribution in [2.45, 2.75) is 12.6 Å². The number of sulfone groups is 1. The summed E-state index contributed by atoms with van der Waals surface area (Å²) < 4.78 is 33.6. The number of rotatable bonds is 4. The minimum atomic E-state index is -2.97. The van der Waals surface area contributed by atoms with Gasteiger partial charge < -0.3 is 19.8 Å². The minimum Gasteiger partial charge on any atom is -0.467 e. The predicted molar refractivity (Wildman–Crippen MR) is 90.7 cm³/mol. The summed E-state index contributed by atoms with van der Waals surface area (Å²) in [7, 11) is -1.33. The van der Waals surface area contributed by atoms with Crippen molar-refractivity contribution < 1.29 is 17.6 Å². The fourth-order valence-electron chi connectivity index (χ4n) is 1.89. The molecule has 2 heterocycles. The second-order valence-electron chi connectivity index (χ2n) is 4.49. The van der Waals surface area contributed by atoms with Crippen LogP contribution in [-0.4, -0.2) is 52.2 Å². The lowest BCUT2D eigenvalue weighted by Gasteiger charge is -2.23. The molecule has 0 amide bonds. The van der Waals surface area contributed by atoms with Gasteiger partial charge in [-0.1, -0.05) is 0 Å². The molecule has 120 valence electrons. The maximum absolute atomic E-state index is 11.5. The lowest BCUT2D eigenvalue weighted by atomic mass is 10.4. The van der Waals surface area contributed by atoms with Crippen LogP contribution >= 0.6 is 24.0 Å². The van der Waals surface area contributed by atoms with Gasteiger partial charge in [0.1, 0.15) is 5.76 Å². The molecule has 0 aromatic carbocycles. The van der Waals surface area contributed by atoms with Crippen molar-refractivity contribution in [3.8, 4) is 0 Å². The lowest BCUT2D eigenvalue weighted by Crippen LogP contribution is -2.46. The van der Waals surface area contributed by atoms with Crippen LogP contribution in [0.25, 0.3) is 0 Å². The van der Waals surface area contributed by atoms with E-state index >= 15 is 0 Å². The number of halogens is 1. The highest BCUT2D eigenvalue weighted by Crippen LogP contribution is 2.06. The number of hydrogen-bond acceptors (Lipinski definition) is 5. The van der Waals surface area contributed by atoms with Crippen LogP contribution in [-0.2, 0) is 21.1 Å². The van der Waals surface area contributed by atoms with Gasteiger partial charge in [-0.25, -0.2) is 8.42 Å². The first-order valence-corrected chi connectivity index (χ1v) is 8.20. The Bertz CT molecular complexity index is 545. The maximum Gasteiger partial charge on any atom is 0.191 e. The molecule has 0 radical (unpaired) electrons. The van der Waals surface area contributed by atoms with Crippen molar-refractivity contribution in [2.75, 3.05) is 31.7 Å². The third-order valence-corrected chi connectivity index (χ3v) is 4.59. The van der Waals surface area contributed by atoms with E-state index in [1.54, 1.807) is 13.3 Å². The van der Waals surface area contributed by atoms with Crippen LogP contribution in [0.5, 0.6) is 0 Å². The van der Waals surface area contributed by atoms with E-state index in [2.05, 4.69) is 15.6 Å². The summed E-state index contributed by atoms with van der Waals surface area (Å²) in [6, 6.07) is 3.67. The molecule has 1 saturated heterocycles. The Kier molecular flexibility index (Phi) is 7.46. The van der Waals surface area contributed by atoms with Gasteiger partial charge in [0, 0.05) is 13.6 Å². The van der Waals surface area contributed by atoms with Crippen LogP contribution < -0.4 is 10.6 Å². The van der Waals surface area contributed by atoms with E-state index in [0.29, 0.717) is 19.0 Å². The zero-order chi connectivity index (χ0) is 14.4. The summed E-state index contributed by atoms with van der Waals surface area (Å²) >= 11 is 0. The van der Waals surface area contributed by atoms with Gasteiger partial charge in [0.15, 0.2) is 15.8 Å². The molecule has 1 aliphatic heterocycles. The van der Waals surface area contributed by atoms with E-state index in [1.165, 1.54) is 0 Å².